The van der Waals surface area contributed by atoms with Gasteiger partial charge in [0.15, 0.2) is 0 Å². The summed E-state index contributed by atoms with van der Waals surface area (Å²) in [7, 11) is 0. The van der Waals surface area contributed by atoms with E-state index >= 15 is 0 Å². The summed E-state index contributed by atoms with van der Waals surface area (Å²) >= 11 is 3.36. The Kier molecular flexibility index (Phi) is 7.76. The van der Waals surface area contributed by atoms with Crippen LogP contribution in [0.4, 0.5) is 0 Å². The van der Waals surface area contributed by atoms with Crippen molar-refractivity contribution in [3.63, 3.8) is 0 Å². The quantitative estimate of drug-likeness (QED) is 0.732. The van der Waals surface area contributed by atoms with E-state index in [1.165, 1.54) is 0 Å². The number of nitrogens with two attached hydrogens (primary N) is 2. The van der Waals surface area contributed by atoms with Gasteiger partial charge in [0.1, 0.15) is 5.75 Å². The van der Waals surface area contributed by atoms with E-state index in [1.54, 1.807) is 12.1 Å². The summed E-state index contributed by atoms with van der Waals surface area (Å²) < 4.78 is 0.935. The van der Waals surface area contributed by atoms with Crippen LogP contribution in [-0.2, 0) is 0 Å². The molecule has 1 rings (SSSR count). The molecule has 0 spiro atoms. The summed E-state index contributed by atoms with van der Waals surface area (Å²) in [6, 6.07) is 5.20. The topological polar surface area (TPSA) is 72.3 Å². The SMILES string of the molecule is Cl.NCCCC[C@H](N)c1cc(Br)ccc1O. The molecule has 92 valence electrons. The second-order valence-electron chi connectivity index (χ2n) is 3.59. The van der Waals surface area contributed by atoms with Crippen LogP contribution < -0.4 is 11.5 Å². The minimum atomic E-state index is -0.117. The van der Waals surface area contributed by atoms with Crippen LogP contribution in [0.15, 0.2) is 22.7 Å². The van der Waals surface area contributed by atoms with Gasteiger partial charge in [0.05, 0.1) is 0 Å². The monoisotopic (exact) mass is 308 g/mol. The molecule has 0 amide bonds. The molecule has 1 aromatic carbocycles. The van der Waals surface area contributed by atoms with Gasteiger partial charge in [0.2, 0.25) is 0 Å². The van der Waals surface area contributed by atoms with Gasteiger partial charge in [0, 0.05) is 16.1 Å². The molecule has 0 aliphatic carbocycles. The lowest BCUT2D eigenvalue weighted by Gasteiger charge is -2.13. The number of aromatic hydroxyl groups is 1. The van der Waals surface area contributed by atoms with Crippen LogP contribution in [0, 0.1) is 0 Å². The largest absolute Gasteiger partial charge is 0.508 e. The van der Waals surface area contributed by atoms with Gasteiger partial charge in [-0.25, -0.2) is 0 Å². The van der Waals surface area contributed by atoms with Crippen molar-refractivity contribution in [2.75, 3.05) is 6.54 Å². The molecule has 0 saturated heterocycles. The molecule has 1 atom stereocenters. The van der Waals surface area contributed by atoms with Gasteiger partial charge in [-0.3, -0.25) is 0 Å². The number of rotatable bonds is 5. The van der Waals surface area contributed by atoms with Crippen molar-refractivity contribution in [2.45, 2.75) is 25.3 Å². The molecular formula is C11H18BrClN2O. The summed E-state index contributed by atoms with van der Waals surface area (Å²) in [5.74, 6) is 0.262. The maximum Gasteiger partial charge on any atom is 0.120 e. The summed E-state index contributed by atoms with van der Waals surface area (Å²) in [6.45, 7) is 0.692. The van der Waals surface area contributed by atoms with Crippen molar-refractivity contribution < 1.29 is 5.11 Å². The molecular weight excluding hydrogens is 291 g/mol. The molecule has 0 aliphatic heterocycles. The lowest BCUT2D eigenvalue weighted by Crippen LogP contribution is -2.11. The molecule has 3 nitrogen and oxygen atoms in total. The summed E-state index contributed by atoms with van der Waals surface area (Å²) in [5.41, 5.74) is 12.2. The van der Waals surface area contributed by atoms with E-state index in [-0.39, 0.29) is 24.2 Å². The Morgan fingerprint density at radius 3 is 2.62 bits per heavy atom. The van der Waals surface area contributed by atoms with Crippen LogP contribution in [0.25, 0.3) is 0 Å². The molecule has 0 fully saturated rings. The van der Waals surface area contributed by atoms with E-state index in [0.717, 1.165) is 29.3 Å². The zero-order valence-corrected chi connectivity index (χ0v) is 11.4. The Morgan fingerprint density at radius 1 is 1.31 bits per heavy atom. The van der Waals surface area contributed by atoms with Gasteiger partial charge < -0.3 is 16.6 Å². The van der Waals surface area contributed by atoms with E-state index in [0.29, 0.717) is 6.54 Å². The van der Waals surface area contributed by atoms with Crippen LogP contribution in [0.1, 0.15) is 30.9 Å². The minimum Gasteiger partial charge on any atom is -0.508 e. The molecule has 5 heteroatoms. The third-order valence-corrected chi connectivity index (χ3v) is 2.85. The molecule has 16 heavy (non-hydrogen) atoms. The average Bonchev–Trinajstić information content (AvgIpc) is 2.22. The first kappa shape index (κ1) is 15.7. The lowest BCUT2D eigenvalue weighted by atomic mass is 10.0. The van der Waals surface area contributed by atoms with Crippen molar-refractivity contribution >= 4 is 28.3 Å². The Hall–Kier alpha value is -0.290. The van der Waals surface area contributed by atoms with Crippen LogP contribution >= 0.6 is 28.3 Å². The standard InChI is InChI=1S/C11H17BrN2O.ClH/c12-8-4-5-11(15)9(7-8)10(14)3-1-2-6-13;/h4-5,7,10,15H,1-3,6,13-14H2;1H/t10-;/m0./s1. The third kappa shape index (κ3) is 4.70. The summed E-state index contributed by atoms with van der Waals surface area (Å²) in [6.07, 6.45) is 2.81. The molecule has 5 N–H and O–H groups in total. The zero-order chi connectivity index (χ0) is 11.3. The highest BCUT2D eigenvalue weighted by Crippen LogP contribution is 2.28. The number of hydrogen-bond donors (Lipinski definition) is 3. The molecule has 0 unspecified atom stereocenters. The molecule has 0 saturated carbocycles. The zero-order valence-electron chi connectivity index (χ0n) is 9.03. The van der Waals surface area contributed by atoms with E-state index in [4.69, 9.17) is 11.5 Å². The maximum absolute atomic E-state index is 9.64. The first-order valence-corrected chi connectivity index (χ1v) is 5.88. The maximum atomic E-state index is 9.64. The first-order valence-electron chi connectivity index (χ1n) is 5.09. The molecule has 0 aromatic heterocycles. The number of benzene rings is 1. The van der Waals surface area contributed by atoms with Crippen molar-refractivity contribution in [1.82, 2.24) is 0 Å². The number of phenolic OH excluding ortho intramolecular Hbond substituents is 1. The molecule has 0 heterocycles. The highest BCUT2D eigenvalue weighted by molar-refractivity contribution is 9.10. The van der Waals surface area contributed by atoms with Crippen molar-refractivity contribution in [1.29, 1.82) is 0 Å². The minimum absolute atomic E-state index is 0. The highest BCUT2D eigenvalue weighted by Gasteiger charge is 2.10. The lowest BCUT2D eigenvalue weighted by molar-refractivity contribution is 0.456. The van der Waals surface area contributed by atoms with E-state index in [9.17, 15) is 5.11 Å². The van der Waals surface area contributed by atoms with Crippen LogP contribution in [0.3, 0.4) is 0 Å². The van der Waals surface area contributed by atoms with Crippen molar-refractivity contribution in [3.8, 4) is 5.75 Å². The molecule has 1 aromatic rings. The highest BCUT2D eigenvalue weighted by atomic mass is 79.9. The fourth-order valence-electron chi connectivity index (χ4n) is 1.49. The Balaban J connectivity index is 0.00000225. The van der Waals surface area contributed by atoms with Gasteiger partial charge in [-0.2, -0.15) is 0 Å². The average molecular weight is 310 g/mol. The number of halogens is 2. The van der Waals surface area contributed by atoms with Gasteiger partial charge in [-0.1, -0.05) is 22.4 Å². The van der Waals surface area contributed by atoms with E-state index in [1.807, 2.05) is 6.07 Å². The predicted molar refractivity (Wildman–Crippen MR) is 72.9 cm³/mol. The first-order chi connectivity index (χ1) is 7.15. The summed E-state index contributed by atoms with van der Waals surface area (Å²) in [5, 5.41) is 9.64. The van der Waals surface area contributed by atoms with Gasteiger partial charge >= 0.3 is 0 Å². The van der Waals surface area contributed by atoms with Crippen LogP contribution in [-0.4, -0.2) is 11.7 Å². The third-order valence-electron chi connectivity index (χ3n) is 2.36. The van der Waals surface area contributed by atoms with Crippen molar-refractivity contribution in [2.24, 2.45) is 11.5 Å². The Morgan fingerprint density at radius 2 is 2.00 bits per heavy atom. The fourth-order valence-corrected chi connectivity index (χ4v) is 1.87. The fraction of sp³-hybridized carbons (Fsp3) is 0.455. The molecule has 0 aliphatic rings. The molecule has 0 radical (unpaired) electrons. The van der Waals surface area contributed by atoms with Gasteiger partial charge in [-0.05, 0) is 37.6 Å². The van der Waals surface area contributed by atoms with Gasteiger partial charge in [-0.15, -0.1) is 12.4 Å². The second-order valence-corrected chi connectivity index (χ2v) is 4.51. The summed E-state index contributed by atoms with van der Waals surface area (Å²) in [4.78, 5) is 0. The van der Waals surface area contributed by atoms with Crippen LogP contribution in [0.2, 0.25) is 0 Å². The molecule has 0 bridgehead atoms. The number of phenols is 1. The number of hydrogen-bond acceptors (Lipinski definition) is 3. The smallest absolute Gasteiger partial charge is 0.120 e. The predicted octanol–water partition coefficient (Wildman–Crippen LogP) is 2.71. The number of unbranched alkanes of at least 4 members (excludes halogenated alkanes) is 1. The Labute approximate surface area is 111 Å². The van der Waals surface area contributed by atoms with E-state index < -0.39 is 0 Å². The van der Waals surface area contributed by atoms with Crippen LogP contribution in [0.5, 0.6) is 5.75 Å². The second kappa shape index (κ2) is 7.90. The van der Waals surface area contributed by atoms with Gasteiger partial charge in [0.25, 0.3) is 0 Å². The normalized spacial score (nSPS) is 11.9. The van der Waals surface area contributed by atoms with Crippen molar-refractivity contribution in [3.05, 3.63) is 28.2 Å². The Bertz CT molecular complexity index is 323. The van der Waals surface area contributed by atoms with E-state index in [2.05, 4.69) is 15.9 Å².